The van der Waals surface area contributed by atoms with Gasteiger partial charge in [-0.3, -0.25) is 0 Å². The first-order valence-electron chi connectivity index (χ1n) is 15.6. The van der Waals surface area contributed by atoms with Crippen LogP contribution in [0.3, 0.4) is 0 Å². The highest BCUT2D eigenvalue weighted by atomic mass is 16.7. The van der Waals surface area contributed by atoms with E-state index in [4.69, 9.17) is 23.7 Å². The number of benzene rings is 4. The Labute approximate surface area is 308 Å². The van der Waals surface area contributed by atoms with Gasteiger partial charge < -0.3 is 90.1 Å². The number of cyclic esters (lactones) is 1. The molecule has 13 N–H and O–H groups in total. The van der Waals surface area contributed by atoms with Gasteiger partial charge in [-0.05, 0) is 24.3 Å². The lowest BCUT2D eigenvalue weighted by molar-refractivity contribution is -0.284. The molecule has 292 valence electrons. The molecule has 0 radical (unpaired) electrons. The van der Waals surface area contributed by atoms with Crippen molar-refractivity contribution in [3.63, 3.8) is 0 Å². The summed E-state index contributed by atoms with van der Waals surface area (Å²) in [6, 6.07) is 2.07. The molecule has 0 aromatic heterocycles. The largest absolute Gasteiger partial charge is 0.504 e. The maximum Gasteiger partial charge on any atom is 0.342 e. The van der Waals surface area contributed by atoms with Crippen molar-refractivity contribution in [2.75, 3.05) is 6.61 Å². The number of esters is 4. The number of aromatic hydroxyl groups is 12. The topological polar surface area (TPSA) is 377 Å². The van der Waals surface area contributed by atoms with E-state index >= 15 is 0 Å². The predicted octanol–water partition coefficient (Wildman–Crippen LogP) is 0.665. The molecule has 0 spiro atoms. The van der Waals surface area contributed by atoms with Crippen LogP contribution in [0.15, 0.2) is 24.3 Å². The number of phenolic OH excluding ortho intramolecular Hbond substituents is 12. The number of carbonyl (C=O) groups is 4. The first-order chi connectivity index (χ1) is 26.3. The third-order valence-electron chi connectivity index (χ3n) is 9.13. The molecule has 7 rings (SSSR count). The van der Waals surface area contributed by atoms with E-state index in [0.29, 0.717) is 24.3 Å². The Morgan fingerprint density at radius 3 is 1.32 bits per heavy atom. The number of aliphatic hydroxyl groups is 1. The van der Waals surface area contributed by atoms with E-state index < -0.39 is 175 Å². The molecule has 22 heteroatoms. The smallest absolute Gasteiger partial charge is 0.342 e. The maximum atomic E-state index is 14.0. The van der Waals surface area contributed by atoms with Crippen molar-refractivity contribution < 1.29 is 109 Å². The second-order valence-corrected chi connectivity index (χ2v) is 12.3. The molecule has 56 heavy (non-hydrogen) atoms. The highest BCUT2D eigenvalue weighted by molar-refractivity contribution is 6.09. The van der Waals surface area contributed by atoms with E-state index in [0.717, 1.165) is 0 Å². The van der Waals surface area contributed by atoms with Gasteiger partial charge in [-0.25, -0.2) is 19.2 Å². The fourth-order valence-electron chi connectivity index (χ4n) is 6.42. The number of ether oxygens (including phenoxy) is 5. The maximum absolute atomic E-state index is 14.0. The summed E-state index contributed by atoms with van der Waals surface area (Å²) in [7, 11) is 0. The van der Waals surface area contributed by atoms with Gasteiger partial charge in [-0.1, -0.05) is 0 Å². The van der Waals surface area contributed by atoms with E-state index in [2.05, 4.69) is 0 Å². The Balaban J connectivity index is 1.44. The minimum absolute atomic E-state index is 0.472. The summed E-state index contributed by atoms with van der Waals surface area (Å²) in [6.45, 7) is -1.09. The van der Waals surface area contributed by atoms with E-state index in [1.165, 1.54) is 0 Å². The molecular weight excluding hydrogens is 760 g/mol. The van der Waals surface area contributed by atoms with Crippen LogP contribution in [-0.4, -0.2) is 128 Å². The Morgan fingerprint density at radius 1 is 0.411 bits per heavy atom. The molecule has 0 amide bonds. The molecule has 4 aromatic rings. The molecule has 22 nitrogen and oxygen atoms in total. The van der Waals surface area contributed by atoms with Crippen molar-refractivity contribution in [2.24, 2.45) is 0 Å². The van der Waals surface area contributed by atoms with Crippen LogP contribution in [0.25, 0.3) is 22.3 Å². The number of rotatable bonds is 0. The number of aliphatic hydroxyl groups excluding tert-OH is 1. The van der Waals surface area contributed by atoms with Crippen LogP contribution in [0.5, 0.6) is 69.0 Å². The number of fused-ring (bicyclic) bond motifs is 10. The molecule has 3 aliphatic heterocycles. The first-order valence-corrected chi connectivity index (χ1v) is 15.6. The standard InChI is InChI=1S/C34H24O22/c35-11-2-7-15(23(43)20(11)40)6-1-10(19(39)26(46)18(6)38)30(47)52-5-14-27(54-31(7)48)28-29(34(51)53-14)56-33(50)9-4-13(37)22(42)25(45)17(9)16-8(32(49)55-28)3-12(36)21(41)24(16)44/h1-4,14,27-29,34-46,51H,5H2/t14?,27-,28+,29?,34+/m0/s1. The van der Waals surface area contributed by atoms with Crippen molar-refractivity contribution >= 4 is 23.9 Å². The quantitative estimate of drug-likeness (QED) is 0.0661. The molecule has 1 saturated heterocycles. The van der Waals surface area contributed by atoms with E-state index in [-0.39, 0.29) is 0 Å². The summed E-state index contributed by atoms with van der Waals surface area (Å²) in [5, 5.41) is 137. The second-order valence-electron chi connectivity index (χ2n) is 12.3. The Kier molecular flexibility index (Phi) is 8.31. The van der Waals surface area contributed by atoms with Gasteiger partial charge in [-0.2, -0.15) is 0 Å². The molecule has 3 aliphatic rings. The molecule has 1 fully saturated rings. The summed E-state index contributed by atoms with van der Waals surface area (Å²) >= 11 is 0. The number of hydrogen-bond donors (Lipinski definition) is 13. The minimum atomic E-state index is -2.42. The average Bonchev–Trinajstić information content (AvgIpc) is 3.15. The molecule has 5 atom stereocenters. The van der Waals surface area contributed by atoms with Crippen LogP contribution in [0.4, 0.5) is 0 Å². The molecule has 2 bridgehead atoms. The summed E-state index contributed by atoms with van der Waals surface area (Å²) in [4.78, 5) is 55.1. The zero-order chi connectivity index (χ0) is 40.8. The van der Waals surface area contributed by atoms with Crippen molar-refractivity contribution in [2.45, 2.75) is 30.7 Å². The Bertz CT molecular complexity index is 2440. The molecule has 0 saturated carbocycles. The first kappa shape index (κ1) is 36.6. The normalized spacial score (nSPS) is 21.8. The van der Waals surface area contributed by atoms with Gasteiger partial charge in [0.15, 0.2) is 70.6 Å². The second kappa shape index (κ2) is 12.7. The zero-order valence-corrected chi connectivity index (χ0v) is 27.4. The minimum Gasteiger partial charge on any atom is -0.504 e. The van der Waals surface area contributed by atoms with Gasteiger partial charge >= 0.3 is 23.9 Å². The molecule has 3 heterocycles. The lowest BCUT2D eigenvalue weighted by Crippen LogP contribution is -2.62. The van der Waals surface area contributed by atoms with Gasteiger partial charge in [-0.15, -0.1) is 0 Å². The van der Waals surface area contributed by atoms with Crippen LogP contribution in [0, 0.1) is 0 Å². The average molecular weight is 785 g/mol. The fourth-order valence-corrected chi connectivity index (χ4v) is 6.42. The van der Waals surface area contributed by atoms with Gasteiger partial charge in [0.25, 0.3) is 0 Å². The number of carbonyl (C=O) groups excluding carboxylic acids is 4. The summed E-state index contributed by atoms with van der Waals surface area (Å²) in [5.74, 6) is -22.0. The van der Waals surface area contributed by atoms with Crippen LogP contribution in [0.2, 0.25) is 0 Å². The van der Waals surface area contributed by atoms with E-state index in [1.807, 2.05) is 0 Å². The summed E-state index contributed by atoms with van der Waals surface area (Å²) in [5.41, 5.74) is -7.58. The Hall–Kier alpha value is -7.72. The fraction of sp³-hybridized carbons (Fsp3) is 0.176. The van der Waals surface area contributed by atoms with Crippen LogP contribution in [0.1, 0.15) is 41.4 Å². The van der Waals surface area contributed by atoms with Crippen LogP contribution in [-0.2, 0) is 23.7 Å². The zero-order valence-electron chi connectivity index (χ0n) is 27.4. The third kappa shape index (κ3) is 5.34. The molecule has 0 aliphatic carbocycles. The van der Waals surface area contributed by atoms with Crippen LogP contribution < -0.4 is 0 Å². The SMILES string of the molecule is O=C1OCC2O[C@@H](O)C3OC(=O)c4cc(O)c(O)c(O)c4-c4c(cc(O)c(O)c4O)C(=O)O[C@@H]3[C@H]2OC(=O)c2cc(O)c(O)c(O)c2-c2cc1c(O)c(O)c2O. The molecular formula is C34H24O22. The monoisotopic (exact) mass is 784 g/mol. The van der Waals surface area contributed by atoms with E-state index in [1.54, 1.807) is 0 Å². The van der Waals surface area contributed by atoms with Gasteiger partial charge in [0.05, 0.1) is 16.7 Å². The van der Waals surface area contributed by atoms with Gasteiger partial charge in [0.1, 0.15) is 18.3 Å². The van der Waals surface area contributed by atoms with Gasteiger partial charge in [0.2, 0.25) is 23.0 Å². The van der Waals surface area contributed by atoms with Crippen molar-refractivity contribution in [1.82, 2.24) is 0 Å². The highest BCUT2D eigenvalue weighted by Crippen LogP contribution is 2.54. The van der Waals surface area contributed by atoms with Crippen molar-refractivity contribution in [3.8, 4) is 91.2 Å². The van der Waals surface area contributed by atoms with Crippen molar-refractivity contribution in [3.05, 3.63) is 46.5 Å². The molecule has 2 unspecified atom stereocenters. The summed E-state index contributed by atoms with van der Waals surface area (Å²) < 4.78 is 27.1. The van der Waals surface area contributed by atoms with Gasteiger partial charge in [0, 0.05) is 22.3 Å². The molecule has 4 aromatic carbocycles. The van der Waals surface area contributed by atoms with Crippen LogP contribution >= 0.6 is 0 Å². The number of phenols is 12. The third-order valence-corrected chi connectivity index (χ3v) is 9.13. The Morgan fingerprint density at radius 2 is 0.821 bits per heavy atom. The highest BCUT2D eigenvalue weighted by Gasteiger charge is 2.54. The predicted molar refractivity (Wildman–Crippen MR) is 173 cm³/mol. The summed E-state index contributed by atoms with van der Waals surface area (Å²) in [6.07, 6.45) is -11.2. The number of hydrogen-bond acceptors (Lipinski definition) is 22. The lowest BCUT2D eigenvalue weighted by Gasteiger charge is -2.43. The van der Waals surface area contributed by atoms with Crippen molar-refractivity contribution in [1.29, 1.82) is 0 Å². The van der Waals surface area contributed by atoms with E-state index in [9.17, 15) is 85.6 Å². The lowest BCUT2D eigenvalue weighted by atomic mass is 9.91.